The van der Waals surface area contributed by atoms with Gasteiger partial charge < -0.3 is 14.4 Å². The van der Waals surface area contributed by atoms with Crippen LogP contribution in [-0.4, -0.2) is 49.1 Å². The standard InChI is InChI=1S/C22H32BNO4/c1-21(2,3)27-19(25)18(13-15-8-7-9-17(23)12-15)16-10-11-24(14-16)20(26)28-22(4,5)6/h7-9,12,16,18H,10-11,13-14H2,1-6H3/t16-,18-/m0/s1. The molecule has 152 valence electrons. The molecule has 1 aliphatic heterocycles. The van der Waals surface area contributed by atoms with Crippen molar-refractivity contribution in [1.82, 2.24) is 4.90 Å². The van der Waals surface area contributed by atoms with Crippen LogP contribution >= 0.6 is 0 Å². The average molecular weight is 385 g/mol. The fraction of sp³-hybridized carbons (Fsp3) is 0.636. The second kappa shape index (κ2) is 8.58. The van der Waals surface area contributed by atoms with Crippen LogP contribution in [0.1, 0.15) is 53.5 Å². The third-order valence-electron chi connectivity index (χ3n) is 4.56. The number of amides is 1. The van der Waals surface area contributed by atoms with Gasteiger partial charge in [-0.2, -0.15) is 0 Å². The molecule has 2 atom stereocenters. The van der Waals surface area contributed by atoms with Gasteiger partial charge in [-0.05, 0) is 65.9 Å². The minimum atomic E-state index is -0.561. The van der Waals surface area contributed by atoms with Crippen molar-refractivity contribution in [2.75, 3.05) is 13.1 Å². The smallest absolute Gasteiger partial charge is 0.410 e. The summed E-state index contributed by atoms with van der Waals surface area (Å²) in [5.41, 5.74) is 0.560. The lowest BCUT2D eigenvalue weighted by atomic mass is 9.84. The van der Waals surface area contributed by atoms with Crippen molar-refractivity contribution in [3.63, 3.8) is 0 Å². The number of likely N-dealkylation sites (tertiary alicyclic amines) is 1. The minimum absolute atomic E-state index is 0.0174. The van der Waals surface area contributed by atoms with Crippen LogP contribution in [0, 0.1) is 11.8 Å². The van der Waals surface area contributed by atoms with Gasteiger partial charge in [0.05, 0.1) is 5.92 Å². The van der Waals surface area contributed by atoms with Gasteiger partial charge in [-0.15, -0.1) is 0 Å². The van der Waals surface area contributed by atoms with Gasteiger partial charge in [0.1, 0.15) is 19.0 Å². The Bertz CT molecular complexity index is 705. The quantitative estimate of drug-likeness (QED) is 0.590. The summed E-state index contributed by atoms with van der Waals surface area (Å²) in [5, 5.41) is 0. The highest BCUT2D eigenvalue weighted by molar-refractivity contribution is 6.32. The highest BCUT2D eigenvalue weighted by Gasteiger charge is 2.39. The van der Waals surface area contributed by atoms with Crippen LogP contribution < -0.4 is 5.46 Å². The molecule has 0 saturated carbocycles. The molecular weight excluding hydrogens is 353 g/mol. The average Bonchev–Trinajstić information content (AvgIpc) is 2.99. The highest BCUT2D eigenvalue weighted by atomic mass is 16.6. The molecular formula is C22H32BNO4. The van der Waals surface area contributed by atoms with Gasteiger partial charge in [0.15, 0.2) is 0 Å². The zero-order chi connectivity index (χ0) is 21.1. The Morgan fingerprint density at radius 3 is 2.36 bits per heavy atom. The van der Waals surface area contributed by atoms with E-state index in [9.17, 15) is 9.59 Å². The third kappa shape index (κ3) is 6.88. The fourth-order valence-electron chi connectivity index (χ4n) is 3.40. The molecule has 0 aromatic heterocycles. The molecule has 1 aromatic rings. The van der Waals surface area contributed by atoms with E-state index in [1.54, 1.807) is 4.90 Å². The van der Waals surface area contributed by atoms with Crippen LogP contribution in [0.4, 0.5) is 4.79 Å². The summed E-state index contributed by atoms with van der Waals surface area (Å²) in [6, 6.07) is 7.57. The van der Waals surface area contributed by atoms with Gasteiger partial charge in [0, 0.05) is 13.1 Å². The van der Waals surface area contributed by atoms with Crippen LogP contribution in [0.5, 0.6) is 0 Å². The van der Waals surface area contributed by atoms with E-state index in [-0.39, 0.29) is 23.9 Å². The number of carbonyl (C=O) groups is 2. The molecule has 1 heterocycles. The van der Waals surface area contributed by atoms with Gasteiger partial charge in [0.2, 0.25) is 0 Å². The third-order valence-corrected chi connectivity index (χ3v) is 4.56. The monoisotopic (exact) mass is 385 g/mol. The molecule has 1 aliphatic rings. The van der Waals surface area contributed by atoms with Crippen molar-refractivity contribution in [3.8, 4) is 0 Å². The highest BCUT2D eigenvalue weighted by Crippen LogP contribution is 2.30. The SMILES string of the molecule is [B]c1cccc(C[C@H](C(=O)OC(C)(C)C)[C@H]2CCN(C(=O)OC(C)(C)C)C2)c1. The molecule has 28 heavy (non-hydrogen) atoms. The van der Waals surface area contributed by atoms with Gasteiger partial charge in [-0.3, -0.25) is 4.79 Å². The zero-order valence-electron chi connectivity index (χ0n) is 18.0. The Balaban J connectivity index is 2.15. The first-order valence-electron chi connectivity index (χ1n) is 9.89. The maximum Gasteiger partial charge on any atom is 0.410 e. The Kier molecular flexibility index (Phi) is 6.84. The maximum absolute atomic E-state index is 13.0. The number of rotatable bonds is 4. The molecule has 1 aromatic carbocycles. The van der Waals surface area contributed by atoms with E-state index in [0.29, 0.717) is 25.0 Å². The van der Waals surface area contributed by atoms with Crippen molar-refractivity contribution < 1.29 is 19.1 Å². The predicted octanol–water partition coefficient (Wildman–Crippen LogP) is 3.24. The first-order valence-corrected chi connectivity index (χ1v) is 9.89. The number of hydrogen-bond acceptors (Lipinski definition) is 4. The second-order valence-corrected chi connectivity index (χ2v) is 9.56. The second-order valence-electron chi connectivity index (χ2n) is 9.56. The van der Waals surface area contributed by atoms with Crippen LogP contribution in [-0.2, 0) is 20.7 Å². The first-order chi connectivity index (χ1) is 12.8. The molecule has 2 rings (SSSR count). The number of ether oxygens (including phenoxy) is 2. The molecule has 6 heteroatoms. The van der Waals surface area contributed by atoms with E-state index >= 15 is 0 Å². The van der Waals surface area contributed by atoms with Gasteiger partial charge >= 0.3 is 12.1 Å². The lowest BCUT2D eigenvalue weighted by Gasteiger charge is -2.28. The fourth-order valence-corrected chi connectivity index (χ4v) is 3.40. The Hall–Kier alpha value is -1.98. The Morgan fingerprint density at radius 1 is 1.14 bits per heavy atom. The summed E-state index contributed by atoms with van der Waals surface area (Å²) < 4.78 is 11.2. The number of benzene rings is 1. The summed E-state index contributed by atoms with van der Waals surface area (Å²) in [6.07, 6.45) is 0.944. The summed E-state index contributed by atoms with van der Waals surface area (Å²) in [5.74, 6) is -0.553. The maximum atomic E-state index is 13.0. The van der Waals surface area contributed by atoms with E-state index in [4.69, 9.17) is 17.3 Å². The minimum Gasteiger partial charge on any atom is -0.460 e. The van der Waals surface area contributed by atoms with Crippen molar-refractivity contribution in [1.29, 1.82) is 0 Å². The topological polar surface area (TPSA) is 55.8 Å². The molecule has 0 bridgehead atoms. The molecule has 0 aliphatic carbocycles. The largest absolute Gasteiger partial charge is 0.460 e. The molecule has 1 fully saturated rings. The molecule has 2 radical (unpaired) electrons. The number of esters is 1. The van der Waals surface area contributed by atoms with Gasteiger partial charge in [-0.1, -0.05) is 29.7 Å². The first kappa shape index (κ1) is 22.3. The lowest BCUT2D eigenvalue weighted by molar-refractivity contribution is -0.161. The Morgan fingerprint density at radius 2 is 1.79 bits per heavy atom. The molecule has 5 nitrogen and oxygen atoms in total. The molecule has 1 saturated heterocycles. The predicted molar refractivity (Wildman–Crippen MR) is 111 cm³/mol. The molecule has 0 spiro atoms. The molecule has 0 N–H and O–H groups in total. The van der Waals surface area contributed by atoms with E-state index in [1.807, 2.05) is 65.8 Å². The van der Waals surface area contributed by atoms with Gasteiger partial charge in [-0.25, -0.2) is 4.79 Å². The van der Waals surface area contributed by atoms with Crippen molar-refractivity contribution in [2.24, 2.45) is 11.8 Å². The lowest BCUT2D eigenvalue weighted by Crippen LogP contribution is -2.38. The van der Waals surface area contributed by atoms with E-state index < -0.39 is 11.2 Å². The molecule has 1 amide bonds. The van der Waals surface area contributed by atoms with E-state index in [0.717, 1.165) is 12.0 Å². The number of carbonyl (C=O) groups excluding carboxylic acids is 2. The van der Waals surface area contributed by atoms with Crippen LogP contribution in [0.15, 0.2) is 24.3 Å². The summed E-state index contributed by atoms with van der Waals surface area (Å²) in [6.45, 7) is 12.2. The van der Waals surface area contributed by atoms with Crippen LogP contribution in [0.2, 0.25) is 0 Å². The Labute approximate surface area is 170 Å². The van der Waals surface area contributed by atoms with E-state index in [1.165, 1.54) is 0 Å². The number of nitrogens with zero attached hydrogens (tertiary/aromatic N) is 1. The summed E-state index contributed by atoms with van der Waals surface area (Å²) in [7, 11) is 5.90. The van der Waals surface area contributed by atoms with Crippen LogP contribution in [0.3, 0.4) is 0 Å². The van der Waals surface area contributed by atoms with E-state index in [2.05, 4.69) is 0 Å². The summed E-state index contributed by atoms with van der Waals surface area (Å²) in [4.78, 5) is 27.0. The van der Waals surface area contributed by atoms with Crippen molar-refractivity contribution in [3.05, 3.63) is 29.8 Å². The summed E-state index contributed by atoms with van der Waals surface area (Å²) >= 11 is 0. The van der Waals surface area contributed by atoms with Crippen LogP contribution in [0.25, 0.3) is 0 Å². The van der Waals surface area contributed by atoms with Gasteiger partial charge in [0.25, 0.3) is 0 Å². The zero-order valence-corrected chi connectivity index (χ0v) is 18.0. The normalized spacial score (nSPS) is 18.6. The van der Waals surface area contributed by atoms with Crippen molar-refractivity contribution >= 4 is 25.4 Å². The van der Waals surface area contributed by atoms with Crippen molar-refractivity contribution in [2.45, 2.75) is 65.6 Å². The number of hydrogen-bond donors (Lipinski definition) is 0. The molecule has 0 unspecified atom stereocenters.